The van der Waals surface area contributed by atoms with Crippen LogP contribution in [0.25, 0.3) is 22.8 Å². The number of hydrogen-bond acceptors (Lipinski definition) is 2. The van der Waals surface area contributed by atoms with Crippen LogP contribution in [0.3, 0.4) is 0 Å². The van der Waals surface area contributed by atoms with Crippen molar-refractivity contribution in [2.45, 2.75) is 13.3 Å². The summed E-state index contributed by atoms with van der Waals surface area (Å²) >= 11 is 0. The summed E-state index contributed by atoms with van der Waals surface area (Å²) in [6.45, 7) is 2.72. The van der Waals surface area contributed by atoms with Crippen molar-refractivity contribution in [2.24, 2.45) is 10.7 Å². The average molecular weight is 391 g/mol. The number of allylic oxidation sites excluding steroid dienone is 3. The summed E-state index contributed by atoms with van der Waals surface area (Å²) in [4.78, 5) is 4.91. The summed E-state index contributed by atoms with van der Waals surface area (Å²) in [6.07, 6.45) is 9.21. The third-order valence-corrected chi connectivity index (χ3v) is 5.38. The number of hydrogen-bond donors (Lipinski definition) is 1. The van der Waals surface area contributed by atoms with Crippen LogP contribution in [0.4, 0.5) is 0 Å². The Hall–Kier alpha value is -3.37. The minimum Gasteiger partial charge on any atom is -0.399 e. The van der Waals surface area contributed by atoms with E-state index < -0.39 is 0 Å². The van der Waals surface area contributed by atoms with Gasteiger partial charge in [0.05, 0.1) is 11.4 Å². The fourth-order valence-electron chi connectivity index (χ4n) is 3.82. The molecule has 1 aliphatic rings. The van der Waals surface area contributed by atoms with Gasteiger partial charge in [-0.25, -0.2) is 4.99 Å². The zero-order valence-corrected chi connectivity index (χ0v) is 17.5. The number of aromatic nitrogens is 1. The second kappa shape index (κ2) is 8.97. The van der Waals surface area contributed by atoms with Gasteiger partial charge in [0.1, 0.15) is 0 Å². The van der Waals surface area contributed by atoms with Gasteiger partial charge in [-0.05, 0) is 72.6 Å². The minimum absolute atomic E-state index is 0.603. The van der Waals surface area contributed by atoms with Crippen LogP contribution >= 0.6 is 0 Å². The first-order valence-electron chi connectivity index (χ1n) is 10.3. The fraction of sp³-hybridized carbons (Fsp3) is 0.115. The Morgan fingerprint density at radius 2 is 1.70 bits per heavy atom. The Balaban J connectivity index is 1.58. The summed E-state index contributed by atoms with van der Waals surface area (Å²) in [5.74, 6) is 0. The quantitative estimate of drug-likeness (QED) is 0.607. The van der Waals surface area contributed by atoms with E-state index in [2.05, 4.69) is 104 Å². The van der Waals surface area contributed by atoms with E-state index in [9.17, 15) is 0 Å². The second-order valence-electron chi connectivity index (χ2n) is 7.56. The van der Waals surface area contributed by atoms with E-state index in [1.807, 2.05) is 6.07 Å². The molecule has 0 aliphatic carbocycles. The molecule has 0 atom stereocenters. The summed E-state index contributed by atoms with van der Waals surface area (Å²) in [5.41, 5.74) is 15.1. The molecule has 0 bridgehead atoms. The number of aliphatic imine (C=N–C) groups is 1. The molecule has 2 aromatic carbocycles. The number of nitrogens with two attached hydrogens (primary N) is 1. The van der Waals surface area contributed by atoms with Crippen LogP contribution in [0.2, 0.25) is 0 Å². The average Bonchev–Trinajstić information content (AvgIpc) is 3.37. The molecule has 148 valence electrons. The van der Waals surface area contributed by atoms with E-state index in [1.165, 1.54) is 28.0 Å². The molecule has 0 spiro atoms. The first-order chi connectivity index (χ1) is 14.7. The third-order valence-electron chi connectivity index (χ3n) is 5.38. The maximum atomic E-state index is 5.90. The molecule has 1 aromatic heterocycles. The highest BCUT2D eigenvalue weighted by molar-refractivity contribution is 6.11. The molecule has 0 fully saturated rings. The molecule has 2 N–H and O–H groups in total. The van der Waals surface area contributed by atoms with Crippen molar-refractivity contribution >= 4 is 25.3 Å². The molecule has 0 radical (unpaired) electrons. The van der Waals surface area contributed by atoms with Gasteiger partial charge >= 0.3 is 0 Å². The summed E-state index contributed by atoms with van der Waals surface area (Å²) < 4.78 is 2.13. The molecule has 0 amide bonds. The number of benzene rings is 2. The van der Waals surface area contributed by atoms with Gasteiger partial charge in [0.25, 0.3) is 0 Å². The summed E-state index contributed by atoms with van der Waals surface area (Å²) in [6, 6.07) is 23.2. The smallest absolute Gasteiger partial charge is 0.223 e. The van der Waals surface area contributed by atoms with E-state index in [1.54, 1.807) is 0 Å². The van der Waals surface area contributed by atoms with Gasteiger partial charge < -0.3 is 10.2 Å². The molecule has 3 aromatic rings. The minimum atomic E-state index is 0.603. The van der Waals surface area contributed by atoms with Crippen LogP contribution in [-0.4, -0.2) is 24.7 Å². The maximum absolute atomic E-state index is 5.90. The second-order valence-corrected chi connectivity index (χ2v) is 7.56. The Morgan fingerprint density at radius 1 is 0.967 bits per heavy atom. The Kier molecular flexibility index (Phi) is 5.96. The van der Waals surface area contributed by atoms with Crippen LogP contribution in [0.5, 0.6) is 0 Å². The van der Waals surface area contributed by atoms with Crippen molar-refractivity contribution < 1.29 is 0 Å². The number of nitrogens with zero attached hydrogens (tertiary/aromatic N) is 2. The predicted molar refractivity (Wildman–Crippen MR) is 131 cm³/mol. The summed E-state index contributed by atoms with van der Waals surface area (Å²) in [7, 11) is 2.06. The summed E-state index contributed by atoms with van der Waals surface area (Å²) in [5, 5.41) is 0. The standard InChI is InChI=1S/C26H26BN3/c1-19-18-23(29-26(19)24(15-16-28)25-8-5-17-30(25)27)14-11-20-9-12-22(13-10-20)21-6-3-2-4-7-21/h2-14,17-18H,15-16,27-28H2,1H3/b14-11+,26-24-. The first kappa shape index (κ1) is 19.9. The van der Waals surface area contributed by atoms with Crippen molar-refractivity contribution in [1.82, 2.24) is 4.48 Å². The van der Waals surface area contributed by atoms with E-state index in [0.29, 0.717) is 6.54 Å². The van der Waals surface area contributed by atoms with Gasteiger partial charge in [0.15, 0.2) is 0 Å². The Labute approximate surface area is 179 Å². The molecule has 2 heterocycles. The van der Waals surface area contributed by atoms with E-state index in [4.69, 9.17) is 10.7 Å². The van der Waals surface area contributed by atoms with Crippen LogP contribution in [-0.2, 0) is 0 Å². The van der Waals surface area contributed by atoms with Gasteiger partial charge in [-0.15, -0.1) is 0 Å². The SMILES string of the molecule is Bn1cccc1/C(CCN)=C1N=C(/C=C/c2ccc(-c3ccccc3)cc2)C=C\1C. The van der Waals surface area contributed by atoms with Gasteiger partial charge in [0.2, 0.25) is 7.98 Å². The molecular weight excluding hydrogens is 365 g/mol. The van der Waals surface area contributed by atoms with Gasteiger partial charge in [-0.3, -0.25) is 0 Å². The molecule has 4 heteroatoms. The highest BCUT2D eigenvalue weighted by atomic mass is 14.9. The molecule has 4 rings (SSSR count). The largest absolute Gasteiger partial charge is 0.399 e. The zero-order chi connectivity index (χ0) is 20.9. The lowest BCUT2D eigenvalue weighted by Crippen LogP contribution is -2.05. The molecule has 0 saturated heterocycles. The first-order valence-corrected chi connectivity index (χ1v) is 10.3. The fourth-order valence-corrected chi connectivity index (χ4v) is 3.82. The highest BCUT2D eigenvalue weighted by Crippen LogP contribution is 2.31. The van der Waals surface area contributed by atoms with Crippen molar-refractivity contribution in [3.8, 4) is 11.1 Å². The van der Waals surface area contributed by atoms with Crippen LogP contribution < -0.4 is 5.73 Å². The Bertz CT molecular complexity index is 1150. The van der Waals surface area contributed by atoms with Crippen molar-refractivity contribution in [3.63, 3.8) is 0 Å². The van der Waals surface area contributed by atoms with Gasteiger partial charge in [-0.1, -0.05) is 60.7 Å². The monoisotopic (exact) mass is 391 g/mol. The topological polar surface area (TPSA) is 43.3 Å². The molecular formula is C26H26BN3. The third kappa shape index (κ3) is 4.29. The molecule has 1 aliphatic heterocycles. The highest BCUT2D eigenvalue weighted by Gasteiger charge is 2.16. The van der Waals surface area contributed by atoms with Crippen LogP contribution in [0.15, 0.2) is 101 Å². The number of rotatable bonds is 6. The van der Waals surface area contributed by atoms with Gasteiger partial charge in [-0.2, -0.15) is 0 Å². The normalized spacial score (nSPS) is 15.4. The lowest BCUT2D eigenvalue weighted by atomic mass is 10.0. The lowest BCUT2D eigenvalue weighted by Gasteiger charge is -2.11. The predicted octanol–water partition coefficient (Wildman–Crippen LogP) is 4.73. The molecule has 3 nitrogen and oxygen atoms in total. The maximum Gasteiger partial charge on any atom is 0.223 e. The van der Waals surface area contributed by atoms with Gasteiger partial charge in [0, 0.05) is 11.3 Å². The van der Waals surface area contributed by atoms with Crippen molar-refractivity contribution in [3.05, 3.63) is 108 Å². The lowest BCUT2D eigenvalue weighted by molar-refractivity contribution is 0.997. The van der Waals surface area contributed by atoms with Crippen LogP contribution in [0, 0.1) is 0 Å². The van der Waals surface area contributed by atoms with E-state index in [-0.39, 0.29) is 0 Å². The molecule has 30 heavy (non-hydrogen) atoms. The van der Waals surface area contributed by atoms with Crippen molar-refractivity contribution in [1.29, 1.82) is 0 Å². The van der Waals surface area contributed by atoms with Crippen LogP contribution in [0.1, 0.15) is 24.6 Å². The molecule has 0 unspecified atom stereocenters. The zero-order valence-electron chi connectivity index (χ0n) is 17.5. The Morgan fingerprint density at radius 3 is 2.37 bits per heavy atom. The van der Waals surface area contributed by atoms with E-state index in [0.717, 1.165) is 23.4 Å². The van der Waals surface area contributed by atoms with Crippen molar-refractivity contribution in [2.75, 3.05) is 6.54 Å². The molecule has 0 saturated carbocycles. The van der Waals surface area contributed by atoms with E-state index >= 15 is 0 Å².